The van der Waals surface area contributed by atoms with Crippen molar-refractivity contribution >= 4 is 18.2 Å². The molecule has 10 heteroatoms. The van der Waals surface area contributed by atoms with Gasteiger partial charge in [-0.2, -0.15) is 0 Å². The van der Waals surface area contributed by atoms with Crippen LogP contribution in [-0.4, -0.2) is 70.9 Å². The maximum atomic E-state index is 13.3. The number of benzene rings is 1. The number of hydrogen-bond acceptors (Lipinski definition) is 8. The van der Waals surface area contributed by atoms with Crippen LogP contribution in [0.4, 0.5) is 9.59 Å². The molecule has 5 rings (SSSR count). The first-order valence-corrected chi connectivity index (χ1v) is 15.5. The molecule has 1 spiro atoms. The van der Waals surface area contributed by atoms with Crippen molar-refractivity contribution in [2.75, 3.05) is 26.2 Å². The molecule has 2 fully saturated rings. The van der Waals surface area contributed by atoms with Crippen molar-refractivity contribution in [3.63, 3.8) is 0 Å². The number of ether oxygens (including phenoxy) is 4. The number of esters is 1. The SMILES string of the molecule is CCOC(=O)/C=C/CC[C@H]1c2c(OC3CC4(C3)CN(C(=O)OCc3ccccc3)C4)ccnc2CCN1C(=O)OC(C)(C)C. The van der Waals surface area contributed by atoms with Gasteiger partial charge in [0.2, 0.25) is 0 Å². The minimum atomic E-state index is -0.634. The molecule has 1 aliphatic carbocycles. The zero-order chi connectivity index (χ0) is 31.3. The van der Waals surface area contributed by atoms with Crippen molar-refractivity contribution in [3.8, 4) is 5.75 Å². The molecule has 1 aromatic heterocycles. The number of amides is 2. The second-order valence-corrected chi connectivity index (χ2v) is 12.9. The van der Waals surface area contributed by atoms with Gasteiger partial charge in [-0.15, -0.1) is 0 Å². The van der Waals surface area contributed by atoms with Crippen LogP contribution in [0.25, 0.3) is 0 Å². The predicted molar refractivity (Wildman–Crippen MR) is 163 cm³/mol. The largest absolute Gasteiger partial charge is 0.490 e. The molecule has 1 saturated carbocycles. The summed E-state index contributed by atoms with van der Waals surface area (Å²) >= 11 is 0. The summed E-state index contributed by atoms with van der Waals surface area (Å²) < 4.78 is 22.8. The van der Waals surface area contributed by atoms with Crippen LogP contribution >= 0.6 is 0 Å². The summed E-state index contributed by atoms with van der Waals surface area (Å²) in [7, 11) is 0. The summed E-state index contributed by atoms with van der Waals surface area (Å²) in [5.74, 6) is 0.338. The molecule has 3 aliphatic rings. The zero-order valence-electron chi connectivity index (χ0n) is 26.1. The van der Waals surface area contributed by atoms with E-state index in [1.807, 2.05) is 57.2 Å². The Balaban J connectivity index is 1.22. The first kappa shape index (κ1) is 31.3. The molecule has 0 unspecified atom stereocenters. The standard InChI is InChI=1S/C34H43N3O7/c1-5-41-29(38)14-10-9-13-27-30-26(16-18-37(27)32(40)44-33(2,3)4)35-17-15-28(30)43-25-19-34(20-25)22-36(23-34)31(39)42-21-24-11-7-6-8-12-24/h6-8,10-12,14-15,17,25,27H,5,9,13,16,18-23H2,1-4H3/b14-10+/t27-/m0/s1. The number of aromatic nitrogens is 1. The van der Waals surface area contributed by atoms with Crippen molar-refractivity contribution in [3.05, 3.63) is 71.6 Å². The van der Waals surface area contributed by atoms with Gasteiger partial charge in [-0.25, -0.2) is 14.4 Å². The van der Waals surface area contributed by atoms with Crippen LogP contribution in [0.2, 0.25) is 0 Å². The molecule has 0 bridgehead atoms. The molecule has 10 nitrogen and oxygen atoms in total. The van der Waals surface area contributed by atoms with Crippen LogP contribution in [0.15, 0.2) is 54.7 Å². The summed E-state index contributed by atoms with van der Waals surface area (Å²) in [6, 6.07) is 11.2. The minimum absolute atomic E-state index is 0.00486. The van der Waals surface area contributed by atoms with E-state index in [1.54, 1.807) is 29.0 Å². The fourth-order valence-electron chi connectivity index (χ4n) is 6.29. The molecule has 1 atom stereocenters. The smallest absolute Gasteiger partial charge is 0.410 e. The Hall–Kier alpha value is -4.08. The first-order chi connectivity index (χ1) is 21.1. The number of allylic oxidation sites excluding steroid dienone is 1. The number of pyridine rings is 1. The lowest BCUT2D eigenvalue weighted by molar-refractivity contribution is -0.137. The first-order valence-electron chi connectivity index (χ1n) is 15.5. The van der Waals surface area contributed by atoms with E-state index in [0.29, 0.717) is 45.5 Å². The number of rotatable bonds is 9. The molecule has 44 heavy (non-hydrogen) atoms. The van der Waals surface area contributed by atoms with E-state index in [0.717, 1.165) is 35.4 Å². The van der Waals surface area contributed by atoms with Gasteiger partial charge in [0.25, 0.3) is 0 Å². The Morgan fingerprint density at radius 2 is 1.80 bits per heavy atom. The number of likely N-dealkylation sites (tertiary alicyclic amines) is 1. The van der Waals surface area contributed by atoms with Crippen molar-refractivity contribution in [1.29, 1.82) is 0 Å². The number of carbonyl (C=O) groups is 3. The molecule has 3 heterocycles. The van der Waals surface area contributed by atoms with Crippen LogP contribution in [-0.2, 0) is 32.0 Å². The van der Waals surface area contributed by atoms with Crippen molar-refractivity contribution in [2.24, 2.45) is 5.41 Å². The van der Waals surface area contributed by atoms with Crippen LogP contribution in [0.5, 0.6) is 5.75 Å². The van der Waals surface area contributed by atoms with Gasteiger partial charge in [0.1, 0.15) is 24.1 Å². The Morgan fingerprint density at radius 3 is 2.50 bits per heavy atom. The van der Waals surface area contributed by atoms with Gasteiger partial charge in [0, 0.05) is 49.3 Å². The van der Waals surface area contributed by atoms with Gasteiger partial charge in [-0.1, -0.05) is 36.4 Å². The minimum Gasteiger partial charge on any atom is -0.490 e. The Labute approximate surface area is 259 Å². The van der Waals surface area contributed by atoms with Crippen LogP contribution < -0.4 is 4.74 Å². The van der Waals surface area contributed by atoms with Gasteiger partial charge >= 0.3 is 18.2 Å². The maximum absolute atomic E-state index is 13.3. The predicted octanol–water partition coefficient (Wildman–Crippen LogP) is 6.00. The number of nitrogens with zero attached hydrogens (tertiary/aromatic N) is 3. The molecule has 236 valence electrons. The number of carbonyl (C=O) groups excluding carboxylic acids is 3. The van der Waals surface area contributed by atoms with E-state index in [1.165, 1.54) is 6.08 Å². The molecule has 2 aromatic rings. The highest BCUT2D eigenvalue weighted by atomic mass is 16.6. The second-order valence-electron chi connectivity index (χ2n) is 12.9. The fourth-order valence-corrected chi connectivity index (χ4v) is 6.29. The Kier molecular flexibility index (Phi) is 9.46. The van der Waals surface area contributed by atoms with Crippen LogP contribution in [0, 0.1) is 5.41 Å². The van der Waals surface area contributed by atoms with Crippen LogP contribution in [0.1, 0.15) is 76.2 Å². The van der Waals surface area contributed by atoms with E-state index in [4.69, 9.17) is 18.9 Å². The molecule has 1 aromatic carbocycles. The summed E-state index contributed by atoms with van der Waals surface area (Å²) in [5.41, 5.74) is 2.20. The highest BCUT2D eigenvalue weighted by Gasteiger charge is 2.55. The molecule has 0 radical (unpaired) electrons. The number of fused-ring (bicyclic) bond motifs is 1. The Bertz CT molecular complexity index is 1360. The normalized spacial score (nSPS) is 19.1. The van der Waals surface area contributed by atoms with Gasteiger partial charge in [0.05, 0.1) is 18.3 Å². The maximum Gasteiger partial charge on any atom is 0.410 e. The monoisotopic (exact) mass is 605 g/mol. The van der Waals surface area contributed by atoms with Crippen molar-refractivity contribution in [1.82, 2.24) is 14.8 Å². The highest BCUT2D eigenvalue weighted by Crippen LogP contribution is 2.51. The number of hydrogen-bond donors (Lipinski definition) is 0. The zero-order valence-corrected chi connectivity index (χ0v) is 26.1. The van der Waals surface area contributed by atoms with Crippen molar-refractivity contribution in [2.45, 2.75) is 84.2 Å². The van der Waals surface area contributed by atoms with Gasteiger partial charge in [-0.05, 0) is 65.0 Å². The summed E-state index contributed by atoms with van der Waals surface area (Å²) in [5, 5.41) is 0. The lowest BCUT2D eigenvalue weighted by atomic mass is 9.62. The lowest BCUT2D eigenvalue weighted by Gasteiger charge is -2.57. The third-order valence-corrected chi connectivity index (χ3v) is 8.24. The second kappa shape index (κ2) is 13.3. The van der Waals surface area contributed by atoms with Gasteiger partial charge in [-0.3, -0.25) is 4.98 Å². The third kappa shape index (κ3) is 7.52. The lowest BCUT2D eigenvalue weighted by Crippen LogP contribution is -2.65. The summed E-state index contributed by atoms with van der Waals surface area (Å²) in [6.07, 6.45) is 7.71. The highest BCUT2D eigenvalue weighted by molar-refractivity contribution is 5.81. The van der Waals surface area contributed by atoms with Crippen LogP contribution in [0.3, 0.4) is 0 Å². The topological polar surface area (TPSA) is 108 Å². The molecular formula is C34H43N3O7. The molecular weight excluding hydrogens is 562 g/mol. The van der Waals surface area contributed by atoms with E-state index in [2.05, 4.69) is 4.98 Å². The van der Waals surface area contributed by atoms with E-state index >= 15 is 0 Å². The van der Waals surface area contributed by atoms with E-state index in [9.17, 15) is 14.4 Å². The average molecular weight is 606 g/mol. The third-order valence-electron chi connectivity index (χ3n) is 8.24. The summed E-state index contributed by atoms with van der Waals surface area (Å²) in [4.78, 5) is 45.8. The quantitative estimate of drug-likeness (QED) is 0.195. The van der Waals surface area contributed by atoms with E-state index in [-0.39, 0.29) is 42.3 Å². The Morgan fingerprint density at radius 1 is 1.05 bits per heavy atom. The average Bonchev–Trinajstić information content (AvgIpc) is 2.94. The molecule has 1 saturated heterocycles. The van der Waals surface area contributed by atoms with Gasteiger partial charge < -0.3 is 28.7 Å². The molecule has 2 amide bonds. The molecule has 2 aliphatic heterocycles. The molecule has 0 N–H and O–H groups in total. The summed E-state index contributed by atoms with van der Waals surface area (Å²) in [6.45, 7) is 9.72. The van der Waals surface area contributed by atoms with Crippen molar-refractivity contribution < 1.29 is 33.3 Å². The fraction of sp³-hybridized carbons (Fsp3) is 0.529. The van der Waals surface area contributed by atoms with Gasteiger partial charge in [0.15, 0.2) is 0 Å². The van der Waals surface area contributed by atoms with E-state index < -0.39 is 5.60 Å².